The molecule has 0 spiro atoms. The molecule has 1 fully saturated rings. The minimum Gasteiger partial charge on any atom is -0.481 e. The summed E-state index contributed by atoms with van der Waals surface area (Å²) in [5.41, 5.74) is 2.21. The molecule has 2 unspecified atom stereocenters. The number of hydrogen-bond donors (Lipinski definition) is 1. The van der Waals surface area contributed by atoms with Crippen LogP contribution in [0.3, 0.4) is 0 Å². The Hall–Kier alpha value is -1.72. The first-order valence-electron chi connectivity index (χ1n) is 8.26. The van der Waals surface area contributed by atoms with Crippen LogP contribution in [0.4, 0.5) is 0 Å². The van der Waals surface area contributed by atoms with Crippen LogP contribution in [-0.4, -0.2) is 34.0 Å². The molecular weight excluding hydrogens is 368 g/mol. The Morgan fingerprint density at radius 3 is 2.79 bits per heavy atom. The fourth-order valence-electron chi connectivity index (χ4n) is 3.39. The van der Waals surface area contributed by atoms with E-state index >= 15 is 0 Å². The van der Waals surface area contributed by atoms with Gasteiger partial charge in [0.05, 0.1) is 5.92 Å². The number of carboxylic acid groups (broad SMARTS) is 1. The topological polar surface area (TPSA) is 53.4 Å². The Bertz CT molecular complexity index is 693. The van der Waals surface area contributed by atoms with Crippen LogP contribution in [0.2, 0.25) is 0 Å². The maximum atomic E-state index is 11.4. The number of pyridine rings is 1. The number of hydrogen-bond acceptors (Lipinski definition) is 3. The molecule has 1 N–H and O–H groups in total. The highest BCUT2D eigenvalue weighted by molar-refractivity contribution is 9.10. The minimum atomic E-state index is -0.691. The second-order valence-electron chi connectivity index (χ2n) is 6.23. The van der Waals surface area contributed by atoms with E-state index in [1.54, 1.807) is 0 Å². The van der Waals surface area contributed by atoms with Gasteiger partial charge in [0.2, 0.25) is 0 Å². The van der Waals surface area contributed by atoms with Crippen LogP contribution in [0, 0.1) is 5.92 Å². The van der Waals surface area contributed by atoms with Crippen LogP contribution in [0.25, 0.3) is 0 Å². The van der Waals surface area contributed by atoms with E-state index in [1.807, 2.05) is 42.6 Å². The van der Waals surface area contributed by atoms with Gasteiger partial charge in [0.15, 0.2) is 0 Å². The average Bonchev–Trinajstić information content (AvgIpc) is 2.61. The first-order valence-corrected chi connectivity index (χ1v) is 9.05. The summed E-state index contributed by atoms with van der Waals surface area (Å²) in [6.07, 6.45) is 4.26. The van der Waals surface area contributed by atoms with Gasteiger partial charge in [0, 0.05) is 35.4 Å². The molecule has 0 radical (unpaired) electrons. The summed E-state index contributed by atoms with van der Waals surface area (Å²) in [4.78, 5) is 18.2. The number of piperidine rings is 1. The molecule has 0 aliphatic carbocycles. The van der Waals surface area contributed by atoms with Gasteiger partial charge in [-0.1, -0.05) is 40.2 Å². The number of carboxylic acids is 1. The molecule has 1 aliphatic heterocycles. The van der Waals surface area contributed by atoms with Crippen LogP contribution < -0.4 is 0 Å². The summed E-state index contributed by atoms with van der Waals surface area (Å²) in [5, 5.41) is 9.40. The van der Waals surface area contributed by atoms with Crippen LogP contribution >= 0.6 is 15.9 Å². The number of likely N-dealkylation sites (tertiary alicyclic amines) is 1. The lowest BCUT2D eigenvalue weighted by Crippen LogP contribution is -2.41. The summed E-state index contributed by atoms with van der Waals surface area (Å²) in [5.74, 6) is -0.976. The molecule has 4 nitrogen and oxygen atoms in total. The first-order chi connectivity index (χ1) is 11.6. The molecule has 2 aromatic rings. The Morgan fingerprint density at radius 2 is 2.08 bits per heavy atom. The summed E-state index contributed by atoms with van der Waals surface area (Å²) in [7, 11) is 0. The van der Waals surface area contributed by atoms with Crippen LogP contribution in [0.5, 0.6) is 0 Å². The summed E-state index contributed by atoms with van der Waals surface area (Å²) in [6, 6.07) is 14.3. The first kappa shape index (κ1) is 17.1. The van der Waals surface area contributed by atoms with Crippen molar-refractivity contribution in [1.82, 2.24) is 9.88 Å². The van der Waals surface area contributed by atoms with Gasteiger partial charge in [-0.2, -0.15) is 0 Å². The highest BCUT2D eigenvalue weighted by Gasteiger charge is 2.31. The van der Waals surface area contributed by atoms with Crippen molar-refractivity contribution in [3.63, 3.8) is 0 Å². The fraction of sp³-hybridized carbons (Fsp3) is 0.368. The Kier molecular flexibility index (Phi) is 5.63. The predicted molar refractivity (Wildman–Crippen MR) is 96.8 cm³/mol. The molecule has 5 heteroatoms. The van der Waals surface area contributed by atoms with Crippen molar-refractivity contribution in [2.24, 2.45) is 5.92 Å². The Labute approximate surface area is 150 Å². The van der Waals surface area contributed by atoms with Crippen molar-refractivity contribution in [3.05, 3.63) is 64.4 Å². The quantitative estimate of drug-likeness (QED) is 0.842. The molecule has 0 bridgehead atoms. The third kappa shape index (κ3) is 4.02. The largest absolute Gasteiger partial charge is 0.481 e. The van der Waals surface area contributed by atoms with Crippen molar-refractivity contribution >= 4 is 21.9 Å². The van der Waals surface area contributed by atoms with Crippen molar-refractivity contribution < 1.29 is 9.90 Å². The molecule has 2 atom stereocenters. The molecule has 126 valence electrons. The number of aromatic nitrogens is 1. The van der Waals surface area contributed by atoms with E-state index < -0.39 is 5.97 Å². The molecule has 24 heavy (non-hydrogen) atoms. The number of carbonyl (C=O) groups is 1. The van der Waals surface area contributed by atoms with E-state index in [2.05, 4.69) is 31.9 Å². The standard InChI is InChI=1S/C19H21BrN2O2/c20-17-9-2-1-8-16(17)18(12-15-7-3-4-10-21-15)22-11-5-6-14(13-22)19(23)24/h1-4,7-10,14,18H,5-6,11-13H2,(H,23,24). The van der Waals surface area contributed by atoms with Crippen molar-refractivity contribution in [1.29, 1.82) is 0 Å². The summed E-state index contributed by atoms with van der Waals surface area (Å²) in [6.45, 7) is 1.51. The van der Waals surface area contributed by atoms with Crippen LogP contribution in [-0.2, 0) is 11.2 Å². The molecule has 0 amide bonds. The predicted octanol–water partition coefficient (Wildman–Crippen LogP) is 3.92. The highest BCUT2D eigenvalue weighted by atomic mass is 79.9. The van der Waals surface area contributed by atoms with E-state index in [1.165, 1.54) is 5.56 Å². The number of nitrogens with zero attached hydrogens (tertiary/aromatic N) is 2. The zero-order chi connectivity index (χ0) is 16.9. The molecule has 1 aromatic heterocycles. The van der Waals surface area contributed by atoms with Crippen molar-refractivity contribution in [2.75, 3.05) is 13.1 Å². The fourth-order valence-corrected chi connectivity index (χ4v) is 3.94. The number of rotatable bonds is 5. The number of benzene rings is 1. The summed E-state index contributed by atoms with van der Waals surface area (Å²) < 4.78 is 1.06. The normalized spacial score (nSPS) is 19.8. The molecule has 0 saturated carbocycles. The van der Waals surface area contributed by atoms with Crippen LogP contribution in [0.1, 0.15) is 30.1 Å². The molecule has 3 rings (SSSR count). The van der Waals surface area contributed by atoms with Gasteiger partial charge in [0.25, 0.3) is 0 Å². The van der Waals surface area contributed by atoms with Gasteiger partial charge in [-0.05, 0) is 43.1 Å². The van der Waals surface area contributed by atoms with Gasteiger partial charge >= 0.3 is 5.97 Å². The molecular formula is C19H21BrN2O2. The lowest BCUT2D eigenvalue weighted by molar-refractivity contribution is -0.144. The van der Waals surface area contributed by atoms with E-state index in [4.69, 9.17) is 0 Å². The third-order valence-electron chi connectivity index (χ3n) is 4.64. The smallest absolute Gasteiger partial charge is 0.307 e. The van der Waals surface area contributed by atoms with E-state index in [0.29, 0.717) is 6.54 Å². The molecule has 2 heterocycles. The number of halogens is 1. The summed E-state index contributed by atoms with van der Waals surface area (Å²) >= 11 is 3.66. The number of aliphatic carboxylic acids is 1. The Balaban J connectivity index is 1.90. The van der Waals surface area contributed by atoms with Crippen molar-refractivity contribution in [3.8, 4) is 0 Å². The second-order valence-corrected chi connectivity index (χ2v) is 7.09. The van der Waals surface area contributed by atoms with E-state index in [0.717, 1.165) is 36.0 Å². The SMILES string of the molecule is O=C(O)C1CCCN(C(Cc2ccccn2)c2ccccc2Br)C1. The maximum Gasteiger partial charge on any atom is 0.307 e. The minimum absolute atomic E-state index is 0.123. The monoisotopic (exact) mass is 388 g/mol. The molecule has 1 saturated heterocycles. The van der Waals surface area contributed by atoms with Crippen LogP contribution in [0.15, 0.2) is 53.1 Å². The van der Waals surface area contributed by atoms with Crippen molar-refractivity contribution in [2.45, 2.75) is 25.3 Å². The van der Waals surface area contributed by atoms with Gasteiger partial charge in [-0.3, -0.25) is 14.7 Å². The average molecular weight is 389 g/mol. The van der Waals surface area contributed by atoms with E-state index in [-0.39, 0.29) is 12.0 Å². The highest BCUT2D eigenvalue weighted by Crippen LogP contribution is 2.33. The second kappa shape index (κ2) is 7.90. The van der Waals surface area contributed by atoms with Gasteiger partial charge < -0.3 is 5.11 Å². The van der Waals surface area contributed by atoms with E-state index in [9.17, 15) is 9.90 Å². The Morgan fingerprint density at radius 1 is 1.29 bits per heavy atom. The lowest BCUT2D eigenvalue weighted by Gasteiger charge is -2.37. The maximum absolute atomic E-state index is 11.4. The van der Waals surface area contributed by atoms with Gasteiger partial charge in [0.1, 0.15) is 0 Å². The van der Waals surface area contributed by atoms with Gasteiger partial charge in [-0.15, -0.1) is 0 Å². The zero-order valence-electron chi connectivity index (χ0n) is 13.4. The lowest BCUT2D eigenvalue weighted by atomic mass is 9.93. The van der Waals surface area contributed by atoms with Gasteiger partial charge in [-0.25, -0.2) is 0 Å². The zero-order valence-corrected chi connectivity index (χ0v) is 15.0. The third-order valence-corrected chi connectivity index (χ3v) is 5.36. The molecule has 1 aliphatic rings. The molecule has 1 aromatic carbocycles.